The van der Waals surface area contributed by atoms with Gasteiger partial charge in [0.25, 0.3) is 6.10 Å². The molecule has 0 bridgehead atoms. The first-order chi connectivity index (χ1) is 8.69. The van der Waals surface area contributed by atoms with Crippen LogP contribution in [0, 0.1) is 0 Å². The van der Waals surface area contributed by atoms with E-state index in [0.29, 0.717) is 6.42 Å². The standard InChI is InChI=1S/C12H18O6/c1-3-15-11(13)10(12(14)16-4-2)18-8-9-6-5-7-17-9/h5,7,9-10H,3-4,6,8H2,1-2H3/t9-/m0/s1. The van der Waals surface area contributed by atoms with E-state index in [4.69, 9.17) is 18.9 Å². The average Bonchev–Trinajstić information content (AvgIpc) is 2.83. The maximum absolute atomic E-state index is 11.6. The third kappa shape index (κ3) is 4.37. The van der Waals surface area contributed by atoms with Crippen molar-refractivity contribution in [3.8, 4) is 0 Å². The van der Waals surface area contributed by atoms with Gasteiger partial charge in [0.2, 0.25) is 0 Å². The molecule has 1 atom stereocenters. The predicted molar refractivity (Wildman–Crippen MR) is 61.6 cm³/mol. The van der Waals surface area contributed by atoms with Gasteiger partial charge in [0, 0.05) is 6.42 Å². The van der Waals surface area contributed by atoms with Crippen molar-refractivity contribution < 1.29 is 28.5 Å². The van der Waals surface area contributed by atoms with Crippen LogP contribution in [0.25, 0.3) is 0 Å². The molecule has 0 amide bonds. The Hall–Kier alpha value is -1.56. The summed E-state index contributed by atoms with van der Waals surface area (Å²) in [5.74, 6) is -1.47. The van der Waals surface area contributed by atoms with E-state index < -0.39 is 18.0 Å². The third-order valence-corrected chi connectivity index (χ3v) is 2.22. The average molecular weight is 258 g/mol. The number of rotatable bonds is 7. The van der Waals surface area contributed by atoms with Gasteiger partial charge in [-0.3, -0.25) is 0 Å². The summed E-state index contributed by atoms with van der Waals surface area (Å²) < 4.78 is 19.9. The largest absolute Gasteiger partial charge is 0.496 e. The number of carbonyl (C=O) groups is 2. The zero-order valence-corrected chi connectivity index (χ0v) is 10.6. The van der Waals surface area contributed by atoms with Gasteiger partial charge in [0.1, 0.15) is 6.10 Å². The Bertz CT molecular complexity index is 286. The van der Waals surface area contributed by atoms with Gasteiger partial charge in [-0.15, -0.1) is 0 Å². The molecule has 1 rings (SSSR count). The quantitative estimate of drug-likeness (QED) is 0.497. The minimum atomic E-state index is -1.34. The topological polar surface area (TPSA) is 71.1 Å². The zero-order valence-electron chi connectivity index (χ0n) is 10.6. The Morgan fingerprint density at radius 3 is 2.33 bits per heavy atom. The van der Waals surface area contributed by atoms with Crippen LogP contribution >= 0.6 is 0 Å². The van der Waals surface area contributed by atoms with Crippen molar-refractivity contribution in [1.82, 2.24) is 0 Å². The van der Waals surface area contributed by atoms with Gasteiger partial charge >= 0.3 is 11.9 Å². The van der Waals surface area contributed by atoms with Gasteiger partial charge in [-0.05, 0) is 19.9 Å². The summed E-state index contributed by atoms with van der Waals surface area (Å²) in [7, 11) is 0. The minimum Gasteiger partial charge on any atom is -0.496 e. The van der Waals surface area contributed by atoms with Crippen LogP contribution in [-0.4, -0.2) is 44.0 Å². The Balaban J connectivity index is 2.47. The predicted octanol–water partition coefficient (Wildman–Crippen LogP) is 0.800. The van der Waals surface area contributed by atoms with E-state index >= 15 is 0 Å². The molecular formula is C12H18O6. The summed E-state index contributed by atoms with van der Waals surface area (Å²) >= 11 is 0. The number of hydrogen-bond donors (Lipinski definition) is 0. The van der Waals surface area contributed by atoms with Gasteiger partial charge in [-0.2, -0.15) is 0 Å². The van der Waals surface area contributed by atoms with Crippen molar-refractivity contribution in [1.29, 1.82) is 0 Å². The molecular weight excluding hydrogens is 240 g/mol. The molecule has 0 aromatic rings. The molecule has 6 heteroatoms. The molecule has 0 saturated carbocycles. The van der Waals surface area contributed by atoms with Gasteiger partial charge < -0.3 is 18.9 Å². The lowest BCUT2D eigenvalue weighted by Gasteiger charge is -2.17. The van der Waals surface area contributed by atoms with Crippen LogP contribution in [-0.2, 0) is 28.5 Å². The molecule has 18 heavy (non-hydrogen) atoms. The summed E-state index contributed by atoms with van der Waals surface area (Å²) in [6.45, 7) is 3.81. The van der Waals surface area contributed by atoms with E-state index in [1.807, 2.05) is 6.08 Å². The highest BCUT2D eigenvalue weighted by Crippen LogP contribution is 2.11. The fraction of sp³-hybridized carbons (Fsp3) is 0.667. The summed E-state index contributed by atoms with van der Waals surface area (Å²) in [6, 6.07) is 0. The Morgan fingerprint density at radius 2 is 1.89 bits per heavy atom. The fourth-order valence-corrected chi connectivity index (χ4v) is 1.41. The molecule has 0 aliphatic carbocycles. The van der Waals surface area contributed by atoms with Crippen molar-refractivity contribution >= 4 is 11.9 Å². The van der Waals surface area contributed by atoms with E-state index in [1.165, 1.54) is 0 Å². The first-order valence-corrected chi connectivity index (χ1v) is 5.94. The van der Waals surface area contributed by atoms with E-state index in [1.54, 1.807) is 20.1 Å². The normalized spacial score (nSPS) is 17.6. The molecule has 1 aliphatic rings. The number of ether oxygens (including phenoxy) is 4. The van der Waals surface area contributed by atoms with Crippen LogP contribution in [0.2, 0.25) is 0 Å². The smallest absolute Gasteiger partial charge is 0.347 e. The van der Waals surface area contributed by atoms with Crippen molar-refractivity contribution in [2.75, 3.05) is 19.8 Å². The van der Waals surface area contributed by atoms with Crippen LogP contribution in [0.5, 0.6) is 0 Å². The first kappa shape index (κ1) is 14.5. The number of esters is 2. The van der Waals surface area contributed by atoms with E-state index in [-0.39, 0.29) is 25.9 Å². The maximum Gasteiger partial charge on any atom is 0.347 e. The first-order valence-electron chi connectivity index (χ1n) is 5.94. The third-order valence-electron chi connectivity index (χ3n) is 2.22. The molecule has 0 aromatic carbocycles. The van der Waals surface area contributed by atoms with Crippen molar-refractivity contribution in [2.45, 2.75) is 32.5 Å². The molecule has 6 nitrogen and oxygen atoms in total. The van der Waals surface area contributed by atoms with Gasteiger partial charge in [0.05, 0.1) is 26.1 Å². The monoisotopic (exact) mass is 258 g/mol. The van der Waals surface area contributed by atoms with Gasteiger partial charge in [-0.1, -0.05) is 0 Å². The molecule has 0 saturated heterocycles. The number of carbonyl (C=O) groups excluding carboxylic acids is 2. The molecule has 102 valence electrons. The van der Waals surface area contributed by atoms with E-state index in [2.05, 4.69) is 0 Å². The van der Waals surface area contributed by atoms with Crippen LogP contribution in [0.15, 0.2) is 12.3 Å². The highest BCUT2D eigenvalue weighted by molar-refractivity contribution is 5.98. The Kier molecular flexibility index (Phi) is 6.21. The Morgan fingerprint density at radius 1 is 1.28 bits per heavy atom. The molecule has 0 N–H and O–H groups in total. The van der Waals surface area contributed by atoms with Gasteiger partial charge in [-0.25, -0.2) is 9.59 Å². The highest BCUT2D eigenvalue weighted by atomic mass is 16.6. The Labute approximate surface area is 106 Å². The SMILES string of the molecule is CCOC(=O)C(OC[C@@H]1CC=CO1)C(=O)OCC. The molecule has 0 aromatic heterocycles. The molecule has 0 spiro atoms. The second kappa shape index (κ2) is 7.71. The second-order valence-electron chi connectivity index (χ2n) is 3.58. The zero-order chi connectivity index (χ0) is 13.4. The van der Waals surface area contributed by atoms with E-state index in [9.17, 15) is 9.59 Å². The minimum absolute atomic E-state index is 0.134. The summed E-state index contributed by atoms with van der Waals surface area (Å²) in [5, 5.41) is 0. The molecule has 0 radical (unpaired) electrons. The fourth-order valence-electron chi connectivity index (χ4n) is 1.41. The van der Waals surface area contributed by atoms with Crippen molar-refractivity contribution in [3.05, 3.63) is 12.3 Å². The van der Waals surface area contributed by atoms with Crippen LogP contribution in [0.3, 0.4) is 0 Å². The summed E-state index contributed by atoms with van der Waals surface area (Å²) in [5.41, 5.74) is 0. The van der Waals surface area contributed by atoms with Gasteiger partial charge in [0.15, 0.2) is 0 Å². The van der Waals surface area contributed by atoms with Crippen LogP contribution in [0.4, 0.5) is 0 Å². The molecule has 1 heterocycles. The summed E-state index contributed by atoms with van der Waals surface area (Å²) in [4.78, 5) is 23.1. The van der Waals surface area contributed by atoms with E-state index in [0.717, 1.165) is 0 Å². The summed E-state index contributed by atoms with van der Waals surface area (Å²) in [6.07, 6.45) is 2.60. The molecule has 0 unspecified atom stereocenters. The lowest BCUT2D eigenvalue weighted by atomic mass is 10.3. The van der Waals surface area contributed by atoms with Crippen molar-refractivity contribution in [2.24, 2.45) is 0 Å². The van der Waals surface area contributed by atoms with Crippen LogP contribution < -0.4 is 0 Å². The molecule has 1 aliphatic heterocycles. The van der Waals surface area contributed by atoms with Crippen LogP contribution in [0.1, 0.15) is 20.3 Å². The maximum atomic E-state index is 11.6. The second-order valence-corrected chi connectivity index (χ2v) is 3.58. The highest BCUT2D eigenvalue weighted by Gasteiger charge is 2.31. The molecule has 0 fully saturated rings. The lowest BCUT2D eigenvalue weighted by molar-refractivity contribution is -0.174. The number of hydrogen-bond acceptors (Lipinski definition) is 6. The lowest BCUT2D eigenvalue weighted by Crippen LogP contribution is -2.38. The van der Waals surface area contributed by atoms with Crippen molar-refractivity contribution in [3.63, 3.8) is 0 Å².